The SMILES string of the molecule is COc1ccc(-c2cc(N)n3nc(-c4cc(OC)cs4)nc3c2)cc1. The van der Waals surface area contributed by atoms with E-state index in [1.54, 1.807) is 18.7 Å². The lowest BCUT2D eigenvalue weighted by Gasteiger charge is -2.06. The van der Waals surface area contributed by atoms with E-state index >= 15 is 0 Å². The molecule has 0 radical (unpaired) electrons. The molecule has 4 aromatic rings. The van der Waals surface area contributed by atoms with Crippen LogP contribution in [0.25, 0.3) is 27.5 Å². The van der Waals surface area contributed by atoms with Gasteiger partial charge in [0.2, 0.25) is 0 Å². The number of nitrogens with two attached hydrogens (primary N) is 1. The number of benzene rings is 1. The average molecular weight is 352 g/mol. The van der Waals surface area contributed by atoms with Crippen LogP contribution in [-0.4, -0.2) is 28.8 Å². The van der Waals surface area contributed by atoms with Crippen LogP contribution in [0.1, 0.15) is 0 Å². The molecule has 0 aliphatic rings. The number of nitrogen functional groups attached to an aromatic ring is 1. The monoisotopic (exact) mass is 352 g/mol. The lowest BCUT2D eigenvalue weighted by molar-refractivity contribution is 0.415. The zero-order valence-electron chi connectivity index (χ0n) is 13.8. The van der Waals surface area contributed by atoms with Gasteiger partial charge in [0.05, 0.1) is 19.1 Å². The first-order valence-electron chi connectivity index (χ1n) is 7.61. The molecule has 4 rings (SSSR count). The Balaban J connectivity index is 1.78. The van der Waals surface area contributed by atoms with Gasteiger partial charge in [-0.05, 0) is 35.4 Å². The molecule has 2 N–H and O–H groups in total. The Hall–Kier alpha value is -3.06. The number of aromatic nitrogens is 3. The fourth-order valence-corrected chi connectivity index (χ4v) is 3.39. The van der Waals surface area contributed by atoms with Gasteiger partial charge in [0, 0.05) is 11.4 Å². The predicted octanol–water partition coefficient (Wildman–Crippen LogP) is 3.72. The maximum absolute atomic E-state index is 6.19. The first kappa shape index (κ1) is 15.5. The van der Waals surface area contributed by atoms with E-state index in [0.29, 0.717) is 17.3 Å². The Morgan fingerprint density at radius 3 is 2.40 bits per heavy atom. The Morgan fingerprint density at radius 2 is 1.72 bits per heavy atom. The minimum atomic E-state index is 0.533. The van der Waals surface area contributed by atoms with E-state index in [1.165, 1.54) is 11.3 Å². The summed E-state index contributed by atoms with van der Waals surface area (Å²) in [6.45, 7) is 0. The Labute approximate surface area is 148 Å². The highest BCUT2D eigenvalue weighted by atomic mass is 32.1. The predicted molar refractivity (Wildman–Crippen MR) is 99.3 cm³/mol. The van der Waals surface area contributed by atoms with Gasteiger partial charge in [0.1, 0.15) is 17.3 Å². The second kappa shape index (κ2) is 6.10. The van der Waals surface area contributed by atoms with Crippen LogP contribution in [0, 0.1) is 0 Å². The third-order valence-corrected chi connectivity index (χ3v) is 4.82. The summed E-state index contributed by atoms with van der Waals surface area (Å²) in [6, 6.07) is 13.6. The molecule has 0 aliphatic carbocycles. The number of hydrogen-bond acceptors (Lipinski definition) is 6. The van der Waals surface area contributed by atoms with E-state index in [9.17, 15) is 0 Å². The zero-order valence-corrected chi connectivity index (χ0v) is 14.6. The van der Waals surface area contributed by atoms with Gasteiger partial charge < -0.3 is 15.2 Å². The largest absolute Gasteiger partial charge is 0.497 e. The number of anilines is 1. The molecule has 0 unspecified atom stereocenters. The summed E-state index contributed by atoms with van der Waals surface area (Å²) in [7, 11) is 3.29. The van der Waals surface area contributed by atoms with Crippen LogP contribution in [-0.2, 0) is 0 Å². The maximum Gasteiger partial charge on any atom is 0.192 e. The Bertz CT molecular complexity index is 1040. The summed E-state index contributed by atoms with van der Waals surface area (Å²) < 4.78 is 12.1. The number of ether oxygens (including phenoxy) is 2. The number of nitrogens with zero attached hydrogens (tertiary/aromatic N) is 3. The standard InChI is InChI=1S/C18H16N4O2S/c1-23-13-5-3-11(4-6-13)12-7-16(19)22-17(8-12)20-18(21-22)15-9-14(24-2)10-25-15/h3-10H,19H2,1-2H3. The van der Waals surface area contributed by atoms with Crippen molar-refractivity contribution in [2.45, 2.75) is 0 Å². The summed E-state index contributed by atoms with van der Waals surface area (Å²) in [6.07, 6.45) is 0. The first-order valence-corrected chi connectivity index (χ1v) is 8.49. The average Bonchev–Trinajstić information content (AvgIpc) is 3.28. The minimum absolute atomic E-state index is 0.533. The fourth-order valence-electron chi connectivity index (χ4n) is 2.61. The quantitative estimate of drug-likeness (QED) is 0.606. The molecule has 0 atom stereocenters. The van der Waals surface area contributed by atoms with Gasteiger partial charge in [-0.3, -0.25) is 0 Å². The van der Waals surface area contributed by atoms with Crippen LogP contribution < -0.4 is 15.2 Å². The molecule has 7 heteroatoms. The number of pyridine rings is 1. The fraction of sp³-hybridized carbons (Fsp3) is 0.111. The second-order valence-corrected chi connectivity index (χ2v) is 6.36. The third kappa shape index (κ3) is 2.78. The highest BCUT2D eigenvalue weighted by Crippen LogP contribution is 2.31. The lowest BCUT2D eigenvalue weighted by atomic mass is 10.1. The highest BCUT2D eigenvalue weighted by molar-refractivity contribution is 7.13. The van der Waals surface area contributed by atoms with E-state index in [-0.39, 0.29) is 0 Å². The van der Waals surface area contributed by atoms with Crippen LogP contribution >= 0.6 is 11.3 Å². The van der Waals surface area contributed by atoms with E-state index in [1.807, 2.05) is 47.8 Å². The van der Waals surface area contributed by atoms with Crippen molar-refractivity contribution in [2.75, 3.05) is 20.0 Å². The van der Waals surface area contributed by atoms with E-state index in [0.717, 1.165) is 27.5 Å². The van der Waals surface area contributed by atoms with Crippen LogP contribution in [0.15, 0.2) is 47.8 Å². The molecule has 126 valence electrons. The molecular formula is C18H16N4O2S. The first-order chi connectivity index (χ1) is 12.2. The molecule has 25 heavy (non-hydrogen) atoms. The molecule has 3 heterocycles. The highest BCUT2D eigenvalue weighted by Gasteiger charge is 2.12. The minimum Gasteiger partial charge on any atom is -0.497 e. The molecule has 1 aromatic carbocycles. The topological polar surface area (TPSA) is 74.7 Å². The number of thiophene rings is 1. The van der Waals surface area contributed by atoms with Crippen molar-refractivity contribution in [2.24, 2.45) is 0 Å². The number of rotatable bonds is 4. The molecule has 0 saturated heterocycles. The van der Waals surface area contributed by atoms with E-state index in [4.69, 9.17) is 15.2 Å². The lowest BCUT2D eigenvalue weighted by Crippen LogP contribution is -1.99. The maximum atomic E-state index is 6.19. The van der Waals surface area contributed by atoms with E-state index in [2.05, 4.69) is 10.1 Å². The summed E-state index contributed by atoms with van der Waals surface area (Å²) in [5, 5.41) is 6.43. The van der Waals surface area contributed by atoms with Crippen LogP contribution in [0.2, 0.25) is 0 Å². The Kier molecular flexibility index (Phi) is 3.77. The van der Waals surface area contributed by atoms with Crippen LogP contribution in [0.4, 0.5) is 5.82 Å². The van der Waals surface area contributed by atoms with Crippen molar-refractivity contribution in [3.8, 4) is 33.3 Å². The molecule has 0 spiro atoms. The summed E-state index contributed by atoms with van der Waals surface area (Å²) in [4.78, 5) is 5.55. The Morgan fingerprint density at radius 1 is 0.960 bits per heavy atom. The van der Waals surface area contributed by atoms with Gasteiger partial charge in [-0.1, -0.05) is 12.1 Å². The van der Waals surface area contributed by atoms with Gasteiger partial charge in [-0.2, -0.15) is 4.52 Å². The van der Waals surface area contributed by atoms with Crippen molar-refractivity contribution >= 4 is 22.8 Å². The zero-order chi connectivity index (χ0) is 17.4. The third-order valence-electron chi connectivity index (χ3n) is 3.92. The van der Waals surface area contributed by atoms with Crippen molar-refractivity contribution in [3.63, 3.8) is 0 Å². The van der Waals surface area contributed by atoms with Gasteiger partial charge in [0.25, 0.3) is 0 Å². The number of hydrogen-bond donors (Lipinski definition) is 1. The summed E-state index contributed by atoms with van der Waals surface area (Å²) in [5.41, 5.74) is 8.91. The van der Waals surface area contributed by atoms with Gasteiger partial charge >= 0.3 is 0 Å². The summed E-state index contributed by atoms with van der Waals surface area (Å²) in [5.74, 6) is 2.78. The van der Waals surface area contributed by atoms with Gasteiger partial charge in [0.15, 0.2) is 11.5 Å². The second-order valence-electron chi connectivity index (χ2n) is 5.45. The van der Waals surface area contributed by atoms with Gasteiger partial charge in [-0.15, -0.1) is 16.4 Å². The summed E-state index contributed by atoms with van der Waals surface area (Å²) >= 11 is 1.53. The smallest absolute Gasteiger partial charge is 0.192 e. The van der Waals surface area contributed by atoms with Crippen molar-refractivity contribution in [3.05, 3.63) is 47.8 Å². The van der Waals surface area contributed by atoms with E-state index < -0.39 is 0 Å². The molecule has 0 aliphatic heterocycles. The van der Waals surface area contributed by atoms with Crippen molar-refractivity contribution < 1.29 is 9.47 Å². The molecule has 3 aromatic heterocycles. The van der Waals surface area contributed by atoms with Crippen molar-refractivity contribution in [1.82, 2.24) is 14.6 Å². The molecule has 6 nitrogen and oxygen atoms in total. The van der Waals surface area contributed by atoms with Crippen LogP contribution in [0.3, 0.4) is 0 Å². The normalized spacial score (nSPS) is 11.0. The molecule has 0 fully saturated rings. The van der Waals surface area contributed by atoms with Crippen LogP contribution in [0.5, 0.6) is 11.5 Å². The molecular weight excluding hydrogens is 336 g/mol. The molecule has 0 saturated carbocycles. The van der Waals surface area contributed by atoms with Gasteiger partial charge in [-0.25, -0.2) is 4.98 Å². The molecule has 0 bridgehead atoms. The number of fused-ring (bicyclic) bond motifs is 1. The molecule has 0 amide bonds. The number of methoxy groups -OCH3 is 2. The van der Waals surface area contributed by atoms with Crippen molar-refractivity contribution in [1.29, 1.82) is 0 Å².